The maximum atomic E-state index is 13.0. The van der Waals surface area contributed by atoms with Gasteiger partial charge >= 0.3 is 11.9 Å². The molecule has 7 nitrogen and oxygen atoms in total. The molecule has 8 heteroatoms. The predicted molar refractivity (Wildman–Crippen MR) is 84.2 cm³/mol. The van der Waals surface area contributed by atoms with Gasteiger partial charge in [-0.25, -0.2) is 13.2 Å². The van der Waals surface area contributed by atoms with Crippen molar-refractivity contribution in [1.82, 2.24) is 4.31 Å². The van der Waals surface area contributed by atoms with Crippen molar-refractivity contribution in [2.24, 2.45) is 5.92 Å². The number of hydrogen-bond acceptors (Lipinski definition) is 4. The zero-order valence-corrected chi connectivity index (χ0v) is 13.8. The number of benzene rings is 1. The van der Waals surface area contributed by atoms with Gasteiger partial charge in [0, 0.05) is 6.04 Å². The topological polar surface area (TPSA) is 112 Å². The first-order valence-electron chi connectivity index (χ1n) is 7.92. The highest BCUT2D eigenvalue weighted by atomic mass is 32.2. The quantitative estimate of drug-likeness (QED) is 0.853. The molecule has 3 rings (SSSR count). The first kappa shape index (κ1) is 16.9. The number of nitrogens with zero attached hydrogens (tertiary/aromatic N) is 1. The van der Waals surface area contributed by atoms with E-state index in [-0.39, 0.29) is 22.4 Å². The average Bonchev–Trinajstić information content (AvgIpc) is 2.95. The molecule has 0 radical (unpaired) electrons. The lowest BCUT2D eigenvalue weighted by Gasteiger charge is -2.32. The summed E-state index contributed by atoms with van der Waals surface area (Å²) in [6.45, 7) is 0. The second kappa shape index (κ2) is 6.18. The van der Waals surface area contributed by atoms with Crippen LogP contribution in [0, 0.1) is 5.92 Å². The number of fused-ring (bicyclic) bond motifs is 1. The van der Waals surface area contributed by atoms with Gasteiger partial charge in [-0.3, -0.25) is 4.79 Å². The summed E-state index contributed by atoms with van der Waals surface area (Å²) in [5.41, 5.74) is -0.0132. The van der Waals surface area contributed by atoms with E-state index in [2.05, 4.69) is 0 Å². The van der Waals surface area contributed by atoms with Crippen molar-refractivity contribution in [3.05, 3.63) is 29.8 Å². The Hall–Kier alpha value is -1.93. The second-order valence-electron chi connectivity index (χ2n) is 6.37. The highest BCUT2D eigenvalue weighted by molar-refractivity contribution is 7.89. The van der Waals surface area contributed by atoms with Crippen LogP contribution in [0.25, 0.3) is 0 Å². The molecule has 0 unspecified atom stereocenters. The molecule has 1 aliphatic carbocycles. The summed E-state index contributed by atoms with van der Waals surface area (Å²) >= 11 is 0. The standard InChI is InChI=1S/C16H19NO6S/c18-15(19)10-5-7-12(8-6-10)24(22,23)17-13-4-2-1-3-11(13)9-14(17)16(20)21/h5-8,11,13-14H,1-4,9H2,(H,18,19)(H,20,21)/t11-,13-,14-/m1/s1. The van der Waals surface area contributed by atoms with Gasteiger partial charge in [-0.15, -0.1) is 0 Å². The first-order valence-corrected chi connectivity index (χ1v) is 9.36. The van der Waals surface area contributed by atoms with Crippen LogP contribution in [0.2, 0.25) is 0 Å². The van der Waals surface area contributed by atoms with E-state index in [0.717, 1.165) is 23.6 Å². The molecular weight excluding hydrogens is 334 g/mol. The lowest BCUT2D eigenvalue weighted by molar-refractivity contribution is -0.141. The third-order valence-corrected chi connectivity index (χ3v) is 6.94. The van der Waals surface area contributed by atoms with Crippen molar-refractivity contribution in [3.63, 3.8) is 0 Å². The zero-order chi connectivity index (χ0) is 17.5. The van der Waals surface area contributed by atoms with E-state index in [1.54, 1.807) is 0 Å². The molecule has 0 bridgehead atoms. The minimum absolute atomic E-state index is 0.0132. The predicted octanol–water partition coefficient (Wildman–Crippen LogP) is 1.79. The van der Waals surface area contributed by atoms with Gasteiger partial charge in [-0.1, -0.05) is 12.8 Å². The van der Waals surface area contributed by atoms with Crippen molar-refractivity contribution < 1.29 is 28.2 Å². The van der Waals surface area contributed by atoms with Gasteiger partial charge in [0.25, 0.3) is 0 Å². The zero-order valence-electron chi connectivity index (χ0n) is 13.0. The molecule has 1 aromatic rings. The Balaban J connectivity index is 1.99. The van der Waals surface area contributed by atoms with Crippen LogP contribution in [0.15, 0.2) is 29.2 Å². The summed E-state index contributed by atoms with van der Waals surface area (Å²) < 4.78 is 27.1. The van der Waals surface area contributed by atoms with Gasteiger partial charge in [0.05, 0.1) is 10.5 Å². The van der Waals surface area contributed by atoms with Crippen molar-refractivity contribution in [2.75, 3.05) is 0 Å². The monoisotopic (exact) mass is 353 g/mol. The lowest BCUT2D eigenvalue weighted by atomic mass is 9.85. The number of sulfonamides is 1. The molecule has 1 saturated carbocycles. The van der Waals surface area contributed by atoms with Gasteiger partial charge in [0.15, 0.2) is 0 Å². The van der Waals surface area contributed by atoms with Crippen LogP contribution < -0.4 is 0 Å². The summed E-state index contributed by atoms with van der Waals surface area (Å²) in [5.74, 6) is -2.20. The Morgan fingerprint density at radius 1 is 1.04 bits per heavy atom. The SMILES string of the molecule is O=C(O)c1ccc(S(=O)(=O)N2[C@@H](C(=O)O)C[C@H]3CCCC[C@H]32)cc1. The summed E-state index contributed by atoms with van der Waals surface area (Å²) in [5, 5.41) is 18.4. The van der Waals surface area contributed by atoms with Crippen LogP contribution in [0.1, 0.15) is 42.5 Å². The summed E-state index contributed by atoms with van der Waals surface area (Å²) in [7, 11) is -3.99. The first-order chi connectivity index (χ1) is 11.3. The molecule has 1 saturated heterocycles. The highest BCUT2D eigenvalue weighted by Crippen LogP contribution is 2.42. The van der Waals surface area contributed by atoms with Crippen LogP contribution in [-0.4, -0.2) is 47.0 Å². The number of hydrogen-bond donors (Lipinski definition) is 2. The molecule has 2 fully saturated rings. The maximum Gasteiger partial charge on any atom is 0.335 e. The van der Waals surface area contributed by atoms with E-state index >= 15 is 0 Å². The molecule has 1 heterocycles. The minimum atomic E-state index is -3.99. The third-order valence-electron chi connectivity index (χ3n) is 4.99. The Labute approximate surface area is 140 Å². The van der Waals surface area contributed by atoms with E-state index < -0.39 is 28.0 Å². The largest absolute Gasteiger partial charge is 0.480 e. The smallest absolute Gasteiger partial charge is 0.335 e. The van der Waals surface area contributed by atoms with Gasteiger partial charge in [0.1, 0.15) is 6.04 Å². The summed E-state index contributed by atoms with van der Waals surface area (Å²) in [6, 6.07) is 3.56. The van der Waals surface area contributed by atoms with Crippen molar-refractivity contribution in [2.45, 2.75) is 49.1 Å². The van der Waals surface area contributed by atoms with Crippen LogP contribution in [0.4, 0.5) is 0 Å². The third kappa shape index (κ3) is 2.80. The maximum absolute atomic E-state index is 13.0. The molecule has 1 aromatic carbocycles. The van der Waals surface area contributed by atoms with Crippen LogP contribution in [-0.2, 0) is 14.8 Å². The molecule has 2 aliphatic rings. The van der Waals surface area contributed by atoms with Gasteiger partial charge in [0.2, 0.25) is 10.0 Å². The molecule has 1 aliphatic heterocycles. The van der Waals surface area contributed by atoms with E-state index in [0.29, 0.717) is 12.8 Å². The van der Waals surface area contributed by atoms with Crippen LogP contribution in [0.5, 0.6) is 0 Å². The van der Waals surface area contributed by atoms with Crippen molar-refractivity contribution in [3.8, 4) is 0 Å². The minimum Gasteiger partial charge on any atom is -0.480 e. The fraction of sp³-hybridized carbons (Fsp3) is 0.500. The number of rotatable bonds is 4. The fourth-order valence-electron chi connectivity index (χ4n) is 3.87. The Kier molecular flexibility index (Phi) is 4.35. The van der Waals surface area contributed by atoms with Crippen molar-refractivity contribution in [1.29, 1.82) is 0 Å². The molecule has 24 heavy (non-hydrogen) atoms. The summed E-state index contributed by atoms with van der Waals surface area (Å²) in [6.07, 6.45) is 3.73. The summed E-state index contributed by atoms with van der Waals surface area (Å²) in [4.78, 5) is 22.4. The fourth-order valence-corrected chi connectivity index (χ4v) is 5.74. The van der Waals surface area contributed by atoms with Gasteiger partial charge in [-0.2, -0.15) is 4.31 Å². The molecule has 2 N–H and O–H groups in total. The number of carboxylic acid groups (broad SMARTS) is 2. The van der Waals surface area contributed by atoms with Gasteiger partial charge < -0.3 is 10.2 Å². The van der Waals surface area contributed by atoms with Gasteiger partial charge in [-0.05, 0) is 49.4 Å². The van der Waals surface area contributed by atoms with Crippen LogP contribution >= 0.6 is 0 Å². The van der Waals surface area contributed by atoms with Crippen molar-refractivity contribution >= 4 is 22.0 Å². The molecular formula is C16H19NO6S. The molecule has 0 spiro atoms. The number of aromatic carboxylic acids is 1. The van der Waals surface area contributed by atoms with E-state index in [1.807, 2.05) is 0 Å². The van der Waals surface area contributed by atoms with Crippen LogP contribution in [0.3, 0.4) is 0 Å². The highest BCUT2D eigenvalue weighted by Gasteiger charge is 2.51. The average molecular weight is 353 g/mol. The Bertz CT molecular complexity index is 757. The normalized spacial score (nSPS) is 27.6. The Morgan fingerprint density at radius 3 is 2.25 bits per heavy atom. The number of aliphatic carboxylic acids is 1. The van der Waals surface area contributed by atoms with E-state index in [9.17, 15) is 23.1 Å². The molecule has 3 atom stereocenters. The van der Waals surface area contributed by atoms with E-state index in [1.165, 1.54) is 24.3 Å². The molecule has 130 valence electrons. The molecule has 0 aromatic heterocycles. The van der Waals surface area contributed by atoms with E-state index in [4.69, 9.17) is 5.11 Å². The molecule has 0 amide bonds. The number of carbonyl (C=O) groups is 2. The second-order valence-corrected chi connectivity index (χ2v) is 8.21. The lowest BCUT2D eigenvalue weighted by Crippen LogP contribution is -2.46. The Morgan fingerprint density at radius 2 is 1.67 bits per heavy atom. The number of carboxylic acids is 2.